The molecule has 0 aliphatic rings. The number of methoxy groups -OCH3 is 1. The van der Waals surface area contributed by atoms with E-state index < -0.39 is 0 Å². The predicted octanol–water partition coefficient (Wildman–Crippen LogP) is 3.59. The second-order valence-corrected chi connectivity index (χ2v) is 5.17. The van der Waals surface area contributed by atoms with Gasteiger partial charge < -0.3 is 15.3 Å². The Hall–Kier alpha value is -2.62. The van der Waals surface area contributed by atoms with Gasteiger partial charge in [0.2, 0.25) is 0 Å². The van der Waals surface area contributed by atoms with Crippen LogP contribution in [0.3, 0.4) is 0 Å². The molecule has 0 atom stereocenters. The van der Waals surface area contributed by atoms with Crippen molar-refractivity contribution in [3.05, 3.63) is 59.2 Å². The summed E-state index contributed by atoms with van der Waals surface area (Å²) in [4.78, 5) is 4.58. The Kier molecular flexibility index (Phi) is 4.94. The lowest BCUT2D eigenvalue weighted by Crippen LogP contribution is -2.09. The van der Waals surface area contributed by atoms with E-state index in [1.807, 2.05) is 37.3 Å². The standard InChI is InChI=1S/C18H20N2O2/c1-12-4-9-16(22-3)10-17(12)18(20-11-13(2)19)14-5-7-15(21)8-6-14/h4-10,19,21H,11H2,1-3H3. The molecule has 0 radical (unpaired) electrons. The molecular formula is C18H20N2O2. The van der Waals surface area contributed by atoms with Gasteiger partial charge in [-0.2, -0.15) is 0 Å². The maximum Gasteiger partial charge on any atom is 0.119 e. The van der Waals surface area contributed by atoms with Gasteiger partial charge in [0.05, 0.1) is 19.4 Å². The molecule has 0 saturated heterocycles. The Balaban J connectivity index is 2.55. The molecule has 2 aromatic rings. The fraction of sp³-hybridized carbons (Fsp3) is 0.222. The molecule has 2 N–H and O–H groups in total. The van der Waals surface area contributed by atoms with Crippen LogP contribution in [0.15, 0.2) is 47.5 Å². The minimum absolute atomic E-state index is 0.216. The number of phenolic OH excluding ortho intramolecular Hbond substituents is 1. The number of nitrogens with one attached hydrogen (secondary N) is 1. The van der Waals surface area contributed by atoms with E-state index in [1.165, 1.54) is 0 Å². The Labute approximate surface area is 130 Å². The molecule has 2 rings (SSSR count). The Morgan fingerprint density at radius 3 is 2.45 bits per heavy atom. The van der Waals surface area contributed by atoms with Crippen molar-refractivity contribution in [3.63, 3.8) is 0 Å². The van der Waals surface area contributed by atoms with Gasteiger partial charge in [0.1, 0.15) is 11.5 Å². The fourth-order valence-electron chi connectivity index (χ4n) is 2.13. The van der Waals surface area contributed by atoms with E-state index in [1.54, 1.807) is 26.2 Å². The highest BCUT2D eigenvalue weighted by atomic mass is 16.5. The van der Waals surface area contributed by atoms with Gasteiger partial charge in [-0.05, 0) is 55.8 Å². The van der Waals surface area contributed by atoms with E-state index in [-0.39, 0.29) is 5.75 Å². The first-order chi connectivity index (χ1) is 10.5. The minimum atomic E-state index is 0.216. The zero-order valence-corrected chi connectivity index (χ0v) is 13.1. The molecule has 0 amide bonds. The number of aryl methyl sites for hydroxylation is 1. The summed E-state index contributed by atoms with van der Waals surface area (Å²) in [6.07, 6.45) is 0. The predicted molar refractivity (Wildman–Crippen MR) is 89.7 cm³/mol. The first-order valence-corrected chi connectivity index (χ1v) is 7.04. The van der Waals surface area contributed by atoms with Crippen LogP contribution in [-0.4, -0.2) is 30.2 Å². The van der Waals surface area contributed by atoms with Crippen LogP contribution in [0.2, 0.25) is 0 Å². The van der Waals surface area contributed by atoms with Crippen molar-refractivity contribution in [3.8, 4) is 11.5 Å². The van der Waals surface area contributed by atoms with Gasteiger partial charge in [-0.1, -0.05) is 6.07 Å². The molecule has 0 spiro atoms. The van der Waals surface area contributed by atoms with Crippen LogP contribution in [0.5, 0.6) is 11.5 Å². The Bertz CT molecular complexity index is 704. The molecule has 0 heterocycles. The monoisotopic (exact) mass is 296 g/mol. The SMILES string of the molecule is COc1ccc(C)c(C(=NCC(C)=N)c2ccc(O)cc2)c1. The average Bonchev–Trinajstić information content (AvgIpc) is 2.50. The van der Waals surface area contributed by atoms with E-state index in [9.17, 15) is 5.11 Å². The van der Waals surface area contributed by atoms with Gasteiger partial charge in [-0.3, -0.25) is 4.99 Å². The van der Waals surface area contributed by atoms with Crippen LogP contribution in [0, 0.1) is 12.3 Å². The van der Waals surface area contributed by atoms with Crippen molar-refractivity contribution in [2.75, 3.05) is 13.7 Å². The normalized spacial score (nSPS) is 11.3. The summed E-state index contributed by atoms with van der Waals surface area (Å²) in [5.41, 5.74) is 4.23. The van der Waals surface area contributed by atoms with Crippen LogP contribution in [0.25, 0.3) is 0 Å². The van der Waals surface area contributed by atoms with Crippen molar-refractivity contribution >= 4 is 11.4 Å². The molecule has 0 aromatic heterocycles. The number of benzene rings is 2. The third-order valence-electron chi connectivity index (χ3n) is 3.31. The Morgan fingerprint density at radius 1 is 1.18 bits per heavy atom. The van der Waals surface area contributed by atoms with Crippen LogP contribution >= 0.6 is 0 Å². The fourth-order valence-corrected chi connectivity index (χ4v) is 2.13. The van der Waals surface area contributed by atoms with E-state index in [0.29, 0.717) is 12.3 Å². The van der Waals surface area contributed by atoms with E-state index in [0.717, 1.165) is 28.2 Å². The zero-order valence-electron chi connectivity index (χ0n) is 13.1. The smallest absolute Gasteiger partial charge is 0.119 e. The summed E-state index contributed by atoms with van der Waals surface area (Å²) in [5.74, 6) is 0.979. The van der Waals surface area contributed by atoms with E-state index >= 15 is 0 Å². The topological polar surface area (TPSA) is 65.7 Å². The number of hydrogen-bond acceptors (Lipinski definition) is 4. The molecule has 2 aromatic carbocycles. The lowest BCUT2D eigenvalue weighted by Gasteiger charge is -2.12. The molecule has 0 aliphatic heterocycles. The molecule has 0 saturated carbocycles. The van der Waals surface area contributed by atoms with Crippen molar-refractivity contribution in [2.45, 2.75) is 13.8 Å². The number of hydrogen-bond donors (Lipinski definition) is 2. The molecule has 114 valence electrons. The highest BCUT2D eigenvalue weighted by molar-refractivity contribution is 6.14. The largest absolute Gasteiger partial charge is 0.508 e. The van der Waals surface area contributed by atoms with Gasteiger partial charge >= 0.3 is 0 Å². The molecular weight excluding hydrogens is 276 g/mol. The highest BCUT2D eigenvalue weighted by Crippen LogP contribution is 2.22. The van der Waals surface area contributed by atoms with Crippen LogP contribution in [0.1, 0.15) is 23.6 Å². The van der Waals surface area contributed by atoms with Crippen LogP contribution in [0.4, 0.5) is 0 Å². The third-order valence-corrected chi connectivity index (χ3v) is 3.31. The van der Waals surface area contributed by atoms with Crippen molar-refractivity contribution in [2.24, 2.45) is 4.99 Å². The molecule has 4 nitrogen and oxygen atoms in total. The number of aliphatic imine (C=N–C) groups is 1. The molecule has 0 bridgehead atoms. The van der Waals surface area contributed by atoms with Gasteiger partial charge in [-0.15, -0.1) is 0 Å². The van der Waals surface area contributed by atoms with Gasteiger partial charge in [-0.25, -0.2) is 0 Å². The number of nitrogens with zero attached hydrogens (tertiary/aromatic N) is 1. The van der Waals surface area contributed by atoms with Crippen LogP contribution in [-0.2, 0) is 0 Å². The maximum absolute atomic E-state index is 9.47. The van der Waals surface area contributed by atoms with Crippen molar-refractivity contribution < 1.29 is 9.84 Å². The highest BCUT2D eigenvalue weighted by Gasteiger charge is 2.11. The number of phenols is 1. The van der Waals surface area contributed by atoms with E-state index in [2.05, 4.69) is 4.99 Å². The summed E-state index contributed by atoms with van der Waals surface area (Å²) in [6, 6.07) is 12.8. The minimum Gasteiger partial charge on any atom is -0.508 e. The molecule has 22 heavy (non-hydrogen) atoms. The summed E-state index contributed by atoms with van der Waals surface area (Å²) >= 11 is 0. The molecule has 0 fully saturated rings. The average molecular weight is 296 g/mol. The molecule has 4 heteroatoms. The second kappa shape index (κ2) is 6.89. The van der Waals surface area contributed by atoms with E-state index in [4.69, 9.17) is 10.1 Å². The van der Waals surface area contributed by atoms with Crippen molar-refractivity contribution in [1.82, 2.24) is 0 Å². The number of ether oxygens (including phenoxy) is 1. The first kappa shape index (κ1) is 15.8. The maximum atomic E-state index is 9.47. The number of rotatable bonds is 5. The quantitative estimate of drug-likeness (QED) is 0.828. The number of aromatic hydroxyl groups is 1. The van der Waals surface area contributed by atoms with Gasteiger partial charge in [0, 0.05) is 16.8 Å². The third kappa shape index (κ3) is 3.73. The Morgan fingerprint density at radius 2 is 1.86 bits per heavy atom. The summed E-state index contributed by atoms with van der Waals surface area (Å²) in [7, 11) is 1.63. The summed E-state index contributed by atoms with van der Waals surface area (Å²) < 4.78 is 5.30. The van der Waals surface area contributed by atoms with Gasteiger partial charge in [0.25, 0.3) is 0 Å². The lowest BCUT2D eigenvalue weighted by molar-refractivity contribution is 0.414. The van der Waals surface area contributed by atoms with Crippen molar-refractivity contribution in [1.29, 1.82) is 5.41 Å². The van der Waals surface area contributed by atoms with Crippen LogP contribution < -0.4 is 4.74 Å². The van der Waals surface area contributed by atoms with Gasteiger partial charge in [0.15, 0.2) is 0 Å². The zero-order chi connectivity index (χ0) is 16.1. The summed E-state index contributed by atoms with van der Waals surface area (Å²) in [6.45, 7) is 4.09. The summed E-state index contributed by atoms with van der Waals surface area (Å²) in [5, 5.41) is 17.1. The molecule has 0 unspecified atom stereocenters. The lowest BCUT2D eigenvalue weighted by atomic mass is 9.97. The first-order valence-electron chi connectivity index (χ1n) is 7.04. The second-order valence-electron chi connectivity index (χ2n) is 5.17. The molecule has 0 aliphatic carbocycles.